The van der Waals surface area contributed by atoms with Crippen molar-refractivity contribution in [1.82, 2.24) is 4.90 Å². The van der Waals surface area contributed by atoms with Crippen molar-refractivity contribution in [3.8, 4) is 5.75 Å². The van der Waals surface area contributed by atoms with E-state index in [0.29, 0.717) is 18.8 Å². The van der Waals surface area contributed by atoms with Gasteiger partial charge in [-0.1, -0.05) is 36.4 Å². The van der Waals surface area contributed by atoms with Crippen LogP contribution in [0.1, 0.15) is 24.0 Å². The van der Waals surface area contributed by atoms with Crippen molar-refractivity contribution in [1.29, 1.82) is 0 Å². The molecule has 1 unspecified atom stereocenters. The van der Waals surface area contributed by atoms with E-state index in [-0.39, 0.29) is 24.2 Å². The van der Waals surface area contributed by atoms with Crippen molar-refractivity contribution < 1.29 is 14.3 Å². The summed E-state index contributed by atoms with van der Waals surface area (Å²) in [5.41, 5.74) is 3.07. The van der Waals surface area contributed by atoms with Crippen molar-refractivity contribution in [2.45, 2.75) is 26.2 Å². The quantitative estimate of drug-likeness (QED) is 0.739. The van der Waals surface area contributed by atoms with Gasteiger partial charge in [-0.25, -0.2) is 0 Å². The summed E-state index contributed by atoms with van der Waals surface area (Å²) >= 11 is 0. The molecule has 1 saturated heterocycles. The van der Waals surface area contributed by atoms with E-state index in [4.69, 9.17) is 4.74 Å². The van der Waals surface area contributed by atoms with Crippen LogP contribution >= 0.6 is 0 Å². The van der Waals surface area contributed by atoms with Crippen LogP contribution in [0, 0.1) is 12.8 Å². The van der Waals surface area contributed by atoms with E-state index >= 15 is 0 Å². The minimum absolute atomic E-state index is 0.0278. The summed E-state index contributed by atoms with van der Waals surface area (Å²) in [6.07, 6.45) is 2.09. The van der Waals surface area contributed by atoms with E-state index in [0.717, 1.165) is 24.1 Å². The van der Waals surface area contributed by atoms with Crippen molar-refractivity contribution in [3.05, 3.63) is 59.7 Å². The average molecular weight is 380 g/mol. The van der Waals surface area contributed by atoms with Crippen LogP contribution in [0.4, 0.5) is 5.69 Å². The Balaban J connectivity index is 1.59. The third kappa shape index (κ3) is 4.53. The lowest BCUT2D eigenvalue weighted by molar-refractivity contribution is -0.134. The number of nitrogens with zero attached hydrogens (tertiary/aromatic N) is 2. The number of rotatable bonds is 7. The van der Waals surface area contributed by atoms with Gasteiger partial charge in [-0.2, -0.15) is 0 Å². The first-order valence-corrected chi connectivity index (χ1v) is 9.73. The zero-order valence-corrected chi connectivity index (χ0v) is 16.9. The molecule has 28 heavy (non-hydrogen) atoms. The Kier molecular flexibility index (Phi) is 6.34. The SMILES string of the molecule is COc1ccc(C)cc1N1CC(C(=O)N(C)CCCc2ccccc2)CC1=O. The number of carbonyl (C=O) groups excluding carboxylic acids is 2. The molecule has 0 radical (unpaired) electrons. The second-order valence-electron chi connectivity index (χ2n) is 7.43. The van der Waals surface area contributed by atoms with Gasteiger partial charge < -0.3 is 14.5 Å². The first kappa shape index (κ1) is 19.9. The number of carbonyl (C=O) groups is 2. The summed E-state index contributed by atoms with van der Waals surface area (Å²) in [5, 5.41) is 0. The molecule has 0 aliphatic carbocycles. The summed E-state index contributed by atoms with van der Waals surface area (Å²) in [5.74, 6) is 0.359. The molecule has 0 bridgehead atoms. The van der Waals surface area contributed by atoms with Crippen LogP contribution in [-0.4, -0.2) is 44.0 Å². The molecule has 2 aromatic carbocycles. The first-order chi connectivity index (χ1) is 13.5. The molecular weight excluding hydrogens is 352 g/mol. The van der Waals surface area contributed by atoms with Crippen molar-refractivity contribution in [2.24, 2.45) is 5.92 Å². The molecule has 0 N–H and O–H groups in total. The first-order valence-electron chi connectivity index (χ1n) is 9.73. The number of anilines is 1. The molecule has 1 atom stereocenters. The summed E-state index contributed by atoms with van der Waals surface area (Å²) in [7, 11) is 3.42. The highest BCUT2D eigenvalue weighted by atomic mass is 16.5. The number of aryl methyl sites for hydroxylation is 2. The fourth-order valence-corrected chi connectivity index (χ4v) is 3.70. The molecule has 5 nitrogen and oxygen atoms in total. The summed E-state index contributed by atoms with van der Waals surface area (Å²) in [6.45, 7) is 3.07. The zero-order chi connectivity index (χ0) is 20.1. The Bertz CT molecular complexity index is 835. The maximum absolute atomic E-state index is 12.8. The monoisotopic (exact) mass is 380 g/mol. The minimum Gasteiger partial charge on any atom is -0.495 e. The fraction of sp³-hybridized carbons (Fsp3) is 0.391. The topological polar surface area (TPSA) is 49.9 Å². The lowest BCUT2D eigenvalue weighted by Gasteiger charge is -2.22. The number of hydrogen-bond acceptors (Lipinski definition) is 3. The van der Waals surface area contributed by atoms with Gasteiger partial charge in [-0.3, -0.25) is 9.59 Å². The Labute approximate surface area is 166 Å². The lowest BCUT2D eigenvalue weighted by atomic mass is 10.1. The molecule has 1 aliphatic rings. The van der Waals surface area contributed by atoms with Crippen molar-refractivity contribution >= 4 is 17.5 Å². The Morgan fingerprint density at radius 2 is 1.96 bits per heavy atom. The highest BCUT2D eigenvalue weighted by Gasteiger charge is 2.37. The molecule has 2 amide bonds. The van der Waals surface area contributed by atoms with Crippen LogP contribution in [-0.2, 0) is 16.0 Å². The summed E-state index contributed by atoms with van der Waals surface area (Å²) in [4.78, 5) is 28.9. The molecule has 1 heterocycles. The molecule has 0 spiro atoms. The Morgan fingerprint density at radius 1 is 1.21 bits per heavy atom. The molecule has 2 aromatic rings. The minimum atomic E-state index is -0.306. The molecule has 1 aliphatic heterocycles. The van der Waals surface area contributed by atoms with Crippen LogP contribution in [0.3, 0.4) is 0 Å². The molecule has 3 rings (SSSR count). The molecule has 5 heteroatoms. The lowest BCUT2D eigenvalue weighted by Crippen LogP contribution is -2.35. The number of benzene rings is 2. The van der Waals surface area contributed by atoms with Crippen LogP contribution in [0.5, 0.6) is 5.75 Å². The van der Waals surface area contributed by atoms with Crippen molar-refractivity contribution in [3.63, 3.8) is 0 Å². The fourth-order valence-electron chi connectivity index (χ4n) is 3.70. The van der Waals surface area contributed by atoms with Gasteiger partial charge in [0, 0.05) is 26.6 Å². The van der Waals surface area contributed by atoms with E-state index in [9.17, 15) is 9.59 Å². The van der Waals surface area contributed by atoms with Crippen LogP contribution in [0.25, 0.3) is 0 Å². The average Bonchev–Trinajstić information content (AvgIpc) is 3.09. The van der Waals surface area contributed by atoms with Crippen LogP contribution < -0.4 is 9.64 Å². The third-order valence-electron chi connectivity index (χ3n) is 5.28. The smallest absolute Gasteiger partial charge is 0.227 e. The van der Waals surface area contributed by atoms with E-state index in [1.54, 1.807) is 16.9 Å². The number of ether oxygens (including phenoxy) is 1. The highest BCUT2D eigenvalue weighted by Crippen LogP contribution is 2.34. The van der Waals surface area contributed by atoms with Gasteiger partial charge in [0.2, 0.25) is 11.8 Å². The van der Waals surface area contributed by atoms with Gasteiger partial charge in [0.1, 0.15) is 5.75 Å². The van der Waals surface area contributed by atoms with Gasteiger partial charge in [-0.05, 0) is 43.0 Å². The maximum atomic E-state index is 12.8. The maximum Gasteiger partial charge on any atom is 0.227 e. The van der Waals surface area contributed by atoms with Crippen LogP contribution in [0.2, 0.25) is 0 Å². The molecule has 0 aromatic heterocycles. The van der Waals surface area contributed by atoms with E-state index < -0.39 is 0 Å². The van der Waals surface area contributed by atoms with E-state index in [2.05, 4.69) is 12.1 Å². The normalized spacial score (nSPS) is 16.3. The Morgan fingerprint density at radius 3 is 2.68 bits per heavy atom. The van der Waals surface area contributed by atoms with Gasteiger partial charge in [0.05, 0.1) is 18.7 Å². The van der Waals surface area contributed by atoms with E-state index in [1.807, 2.05) is 50.4 Å². The summed E-state index contributed by atoms with van der Waals surface area (Å²) in [6, 6.07) is 16.0. The van der Waals surface area contributed by atoms with E-state index in [1.165, 1.54) is 5.56 Å². The number of hydrogen-bond donors (Lipinski definition) is 0. The third-order valence-corrected chi connectivity index (χ3v) is 5.28. The number of methoxy groups -OCH3 is 1. The predicted octanol–water partition coefficient (Wildman–Crippen LogP) is 3.45. The summed E-state index contributed by atoms with van der Waals surface area (Å²) < 4.78 is 5.41. The van der Waals surface area contributed by atoms with Gasteiger partial charge >= 0.3 is 0 Å². The second kappa shape index (κ2) is 8.91. The molecule has 148 valence electrons. The van der Waals surface area contributed by atoms with Gasteiger partial charge in [0.15, 0.2) is 0 Å². The zero-order valence-electron chi connectivity index (χ0n) is 16.9. The predicted molar refractivity (Wildman–Crippen MR) is 111 cm³/mol. The molecule has 0 saturated carbocycles. The Hall–Kier alpha value is -2.82. The molecule has 1 fully saturated rings. The van der Waals surface area contributed by atoms with Crippen LogP contribution in [0.15, 0.2) is 48.5 Å². The highest BCUT2D eigenvalue weighted by molar-refractivity contribution is 6.01. The second-order valence-corrected chi connectivity index (χ2v) is 7.43. The van der Waals surface area contributed by atoms with Crippen molar-refractivity contribution in [2.75, 3.05) is 32.1 Å². The van der Waals surface area contributed by atoms with Gasteiger partial charge in [0.25, 0.3) is 0 Å². The standard InChI is InChI=1S/C23H28N2O3/c1-17-11-12-21(28-3)20(14-17)25-16-19(15-22(25)26)23(27)24(2)13-7-10-18-8-5-4-6-9-18/h4-6,8-9,11-12,14,19H,7,10,13,15-16H2,1-3H3. The molecular formula is C23H28N2O3. The number of amides is 2. The van der Waals surface area contributed by atoms with Gasteiger partial charge in [-0.15, -0.1) is 0 Å². The largest absolute Gasteiger partial charge is 0.495 e.